The highest BCUT2D eigenvalue weighted by Crippen LogP contribution is 2.24. The summed E-state index contributed by atoms with van der Waals surface area (Å²) in [5.41, 5.74) is 8.45. The minimum atomic E-state index is 0.00476. The maximum atomic E-state index is 9.29. The number of hydrogen-bond acceptors (Lipinski definition) is 3. The van der Waals surface area contributed by atoms with Crippen molar-refractivity contribution in [1.82, 2.24) is 0 Å². The van der Waals surface area contributed by atoms with Crippen molar-refractivity contribution in [3.8, 4) is 5.75 Å². The van der Waals surface area contributed by atoms with Crippen molar-refractivity contribution < 1.29 is 5.11 Å². The molecule has 4 heteroatoms. The second kappa shape index (κ2) is 6.77. The third-order valence-corrected chi connectivity index (χ3v) is 4.09. The Hall–Kier alpha value is -1.52. The van der Waals surface area contributed by atoms with Gasteiger partial charge in [-0.25, -0.2) is 0 Å². The highest BCUT2D eigenvalue weighted by molar-refractivity contribution is 9.10. The second-order valence-electron chi connectivity index (χ2n) is 4.85. The van der Waals surface area contributed by atoms with Crippen molar-refractivity contribution in [1.29, 1.82) is 0 Å². The molecule has 2 rings (SSSR count). The highest BCUT2D eigenvalue weighted by Gasteiger charge is 2.10. The van der Waals surface area contributed by atoms with E-state index >= 15 is 0 Å². The van der Waals surface area contributed by atoms with Crippen LogP contribution in [0.2, 0.25) is 0 Å². The van der Waals surface area contributed by atoms with E-state index in [1.807, 2.05) is 37.4 Å². The van der Waals surface area contributed by atoms with Gasteiger partial charge in [-0.1, -0.05) is 34.1 Å². The zero-order valence-electron chi connectivity index (χ0n) is 11.5. The zero-order valence-corrected chi connectivity index (χ0v) is 13.0. The molecule has 0 aliphatic rings. The van der Waals surface area contributed by atoms with Gasteiger partial charge in [0.2, 0.25) is 0 Å². The first-order valence-corrected chi connectivity index (χ1v) is 7.37. The third-order valence-electron chi connectivity index (χ3n) is 3.37. The van der Waals surface area contributed by atoms with Gasteiger partial charge < -0.3 is 15.7 Å². The van der Waals surface area contributed by atoms with Crippen LogP contribution in [0.1, 0.15) is 18.0 Å². The maximum Gasteiger partial charge on any atom is 0.115 e. The normalized spacial score (nSPS) is 12.2. The highest BCUT2D eigenvalue weighted by atomic mass is 79.9. The van der Waals surface area contributed by atoms with Gasteiger partial charge in [0.15, 0.2) is 0 Å². The first kappa shape index (κ1) is 14.9. The van der Waals surface area contributed by atoms with Gasteiger partial charge >= 0.3 is 0 Å². The molecule has 0 bridgehead atoms. The molecule has 3 N–H and O–H groups in total. The van der Waals surface area contributed by atoms with Crippen molar-refractivity contribution in [2.45, 2.75) is 12.5 Å². The van der Waals surface area contributed by atoms with Gasteiger partial charge in [-0.2, -0.15) is 0 Å². The largest absolute Gasteiger partial charge is 0.508 e. The van der Waals surface area contributed by atoms with Crippen LogP contribution in [0.15, 0.2) is 53.0 Å². The summed E-state index contributed by atoms with van der Waals surface area (Å²) in [6, 6.07) is 15.3. The molecule has 106 valence electrons. The predicted molar refractivity (Wildman–Crippen MR) is 87.1 cm³/mol. The summed E-state index contributed by atoms with van der Waals surface area (Å²) in [5.74, 6) is 0.284. The van der Waals surface area contributed by atoms with E-state index in [-0.39, 0.29) is 11.8 Å². The van der Waals surface area contributed by atoms with Crippen molar-refractivity contribution >= 4 is 21.6 Å². The molecule has 0 saturated carbocycles. The van der Waals surface area contributed by atoms with E-state index in [1.54, 1.807) is 12.1 Å². The number of halogens is 1. The van der Waals surface area contributed by atoms with Crippen LogP contribution in [0.25, 0.3) is 0 Å². The molecule has 2 aromatic rings. The van der Waals surface area contributed by atoms with Crippen molar-refractivity contribution in [3.63, 3.8) is 0 Å². The summed E-state index contributed by atoms with van der Waals surface area (Å²) in [6.45, 7) is 0.854. The van der Waals surface area contributed by atoms with Gasteiger partial charge in [0, 0.05) is 29.8 Å². The van der Waals surface area contributed by atoms with Gasteiger partial charge in [-0.15, -0.1) is 0 Å². The van der Waals surface area contributed by atoms with E-state index in [2.05, 4.69) is 26.9 Å². The summed E-state index contributed by atoms with van der Waals surface area (Å²) in [5, 5.41) is 9.29. The molecule has 0 amide bonds. The van der Waals surface area contributed by atoms with E-state index in [0.29, 0.717) is 0 Å². The monoisotopic (exact) mass is 334 g/mol. The van der Waals surface area contributed by atoms with Gasteiger partial charge in [-0.05, 0) is 42.3 Å². The quantitative estimate of drug-likeness (QED) is 0.876. The van der Waals surface area contributed by atoms with Crippen LogP contribution in [0.3, 0.4) is 0 Å². The standard InChI is InChI=1S/C16H19BrN2O/c1-19(12-6-8-13(20)9-7-12)11-10-16(18)14-4-2-3-5-15(14)17/h2-9,16,20H,10-11,18H2,1H3. The second-order valence-corrected chi connectivity index (χ2v) is 5.71. The van der Waals surface area contributed by atoms with Crippen LogP contribution in [-0.4, -0.2) is 18.7 Å². The molecule has 0 aliphatic heterocycles. The van der Waals surface area contributed by atoms with Crippen LogP contribution in [0, 0.1) is 0 Å². The topological polar surface area (TPSA) is 49.5 Å². The summed E-state index contributed by atoms with van der Waals surface area (Å²) in [4.78, 5) is 2.14. The van der Waals surface area contributed by atoms with Gasteiger partial charge in [-0.3, -0.25) is 0 Å². The first-order valence-electron chi connectivity index (χ1n) is 6.58. The number of hydrogen-bond donors (Lipinski definition) is 2. The number of anilines is 1. The van der Waals surface area contributed by atoms with E-state index in [0.717, 1.165) is 28.7 Å². The third kappa shape index (κ3) is 3.74. The molecule has 20 heavy (non-hydrogen) atoms. The molecule has 1 atom stereocenters. The Kier molecular flexibility index (Phi) is 5.04. The molecule has 0 aliphatic carbocycles. The number of rotatable bonds is 5. The van der Waals surface area contributed by atoms with Gasteiger partial charge in [0.25, 0.3) is 0 Å². The smallest absolute Gasteiger partial charge is 0.115 e. The molecule has 0 spiro atoms. The molecule has 1 unspecified atom stereocenters. The zero-order chi connectivity index (χ0) is 14.5. The molecule has 3 nitrogen and oxygen atoms in total. The fraction of sp³-hybridized carbons (Fsp3) is 0.250. The maximum absolute atomic E-state index is 9.29. The average molecular weight is 335 g/mol. The van der Waals surface area contributed by atoms with Gasteiger partial charge in [0.1, 0.15) is 5.75 Å². The Balaban J connectivity index is 1.95. The Morgan fingerprint density at radius 2 is 1.80 bits per heavy atom. The number of nitrogens with two attached hydrogens (primary N) is 1. The van der Waals surface area contributed by atoms with Crippen LogP contribution < -0.4 is 10.6 Å². The molecule has 0 heterocycles. The Morgan fingerprint density at radius 1 is 1.15 bits per heavy atom. The fourth-order valence-electron chi connectivity index (χ4n) is 2.10. The minimum Gasteiger partial charge on any atom is -0.508 e. The number of phenolic OH excluding ortho intramolecular Hbond substituents is 1. The van der Waals surface area contributed by atoms with Gasteiger partial charge in [0.05, 0.1) is 0 Å². The lowest BCUT2D eigenvalue weighted by Crippen LogP contribution is -2.23. The fourth-order valence-corrected chi connectivity index (χ4v) is 2.68. The van der Waals surface area contributed by atoms with Crippen LogP contribution >= 0.6 is 15.9 Å². The Labute approximate surface area is 128 Å². The van der Waals surface area contributed by atoms with Crippen LogP contribution in [0.5, 0.6) is 5.75 Å². The van der Waals surface area contributed by atoms with Crippen molar-refractivity contribution in [2.24, 2.45) is 5.73 Å². The SMILES string of the molecule is CN(CCC(N)c1ccccc1Br)c1ccc(O)cc1. The molecule has 0 saturated heterocycles. The Bertz CT molecular complexity index is 557. The molecule has 0 aromatic heterocycles. The predicted octanol–water partition coefficient (Wildman–Crippen LogP) is 3.68. The molecular weight excluding hydrogens is 316 g/mol. The minimum absolute atomic E-state index is 0.00476. The number of phenols is 1. The van der Waals surface area contributed by atoms with E-state index in [1.165, 1.54) is 0 Å². The lowest BCUT2D eigenvalue weighted by molar-refractivity contribution is 0.475. The summed E-state index contributed by atoms with van der Waals surface area (Å²) < 4.78 is 1.06. The average Bonchev–Trinajstić information content (AvgIpc) is 2.45. The number of nitrogens with zero attached hydrogens (tertiary/aromatic N) is 1. The lowest BCUT2D eigenvalue weighted by atomic mass is 10.0. The molecule has 2 aromatic carbocycles. The summed E-state index contributed by atoms with van der Waals surface area (Å²) in [7, 11) is 2.03. The molecule has 0 fully saturated rings. The Morgan fingerprint density at radius 3 is 2.45 bits per heavy atom. The molecule has 0 radical (unpaired) electrons. The lowest BCUT2D eigenvalue weighted by Gasteiger charge is -2.22. The van der Waals surface area contributed by atoms with Crippen molar-refractivity contribution in [3.05, 3.63) is 58.6 Å². The van der Waals surface area contributed by atoms with E-state index < -0.39 is 0 Å². The number of aromatic hydroxyl groups is 1. The van der Waals surface area contributed by atoms with E-state index in [4.69, 9.17) is 5.73 Å². The van der Waals surface area contributed by atoms with E-state index in [9.17, 15) is 5.11 Å². The summed E-state index contributed by atoms with van der Waals surface area (Å²) >= 11 is 3.54. The first-order chi connectivity index (χ1) is 9.58. The van der Waals surface area contributed by atoms with Crippen LogP contribution in [-0.2, 0) is 0 Å². The number of benzene rings is 2. The van der Waals surface area contributed by atoms with Crippen LogP contribution in [0.4, 0.5) is 5.69 Å². The molecular formula is C16H19BrN2O. The summed E-state index contributed by atoms with van der Waals surface area (Å²) in [6.07, 6.45) is 0.861. The van der Waals surface area contributed by atoms with Crippen molar-refractivity contribution in [2.75, 3.05) is 18.5 Å².